The summed E-state index contributed by atoms with van der Waals surface area (Å²) >= 11 is 4.21. The summed E-state index contributed by atoms with van der Waals surface area (Å²) in [6, 6.07) is 5.00. The highest BCUT2D eigenvalue weighted by atomic mass is 79.9. The van der Waals surface area contributed by atoms with E-state index >= 15 is 0 Å². The Hall–Kier alpha value is -1.80. The molecule has 0 aromatic heterocycles. The van der Waals surface area contributed by atoms with Gasteiger partial charge in [0.2, 0.25) is 0 Å². The van der Waals surface area contributed by atoms with Crippen molar-refractivity contribution in [2.75, 3.05) is 13.2 Å². The van der Waals surface area contributed by atoms with E-state index in [0.29, 0.717) is 33.7 Å². The molecule has 0 atom stereocenters. The third-order valence-electron chi connectivity index (χ3n) is 2.93. The van der Waals surface area contributed by atoms with Crippen LogP contribution >= 0.6 is 27.7 Å². The molecule has 0 unspecified atom stereocenters. The van der Waals surface area contributed by atoms with Gasteiger partial charge < -0.3 is 9.84 Å². The number of imide groups is 1. The first-order chi connectivity index (χ1) is 10.9. The van der Waals surface area contributed by atoms with Crippen molar-refractivity contribution >= 4 is 50.9 Å². The minimum absolute atomic E-state index is 0.261. The van der Waals surface area contributed by atoms with Crippen LogP contribution in [0.15, 0.2) is 27.6 Å². The number of nitrogens with zero attached hydrogens (tertiary/aromatic N) is 1. The van der Waals surface area contributed by atoms with Gasteiger partial charge in [0.1, 0.15) is 5.75 Å². The van der Waals surface area contributed by atoms with Crippen molar-refractivity contribution in [2.45, 2.75) is 13.3 Å². The van der Waals surface area contributed by atoms with Gasteiger partial charge in [0.15, 0.2) is 6.61 Å². The van der Waals surface area contributed by atoms with E-state index in [0.717, 1.165) is 11.8 Å². The van der Waals surface area contributed by atoms with Crippen molar-refractivity contribution in [3.63, 3.8) is 0 Å². The number of rotatable bonds is 6. The van der Waals surface area contributed by atoms with Crippen LogP contribution in [0.4, 0.5) is 4.79 Å². The molecule has 23 heavy (non-hydrogen) atoms. The summed E-state index contributed by atoms with van der Waals surface area (Å²) in [5, 5.41) is 8.35. The van der Waals surface area contributed by atoms with E-state index in [4.69, 9.17) is 9.84 Å². The Bertz CT molecular complexity index is 688. The second-order valence-electron chi connectivity index (χ2n) is 4.71. The molecule has 1 aliphatic heterocycles. The number of carboxylic acids is 1. The molecule has 0 aliphatic carbocycles. The van der Waals surface area contributed by atoms with Gasteiger partial charge in [-0.3, -0.25) is 14.5 Å². The number of halogens is 1. The Balaban J connectivity index is 2.17. The van der Waals surface area contributed by atoms with Crippen molar-refractivity contribution in [3.05, 3.63) is 33.1 Å². The molecule has 0 radical (unpaired) electrons. The number of aliphatic carboxylic acids is 1. The van der Waals surface area contributed by atoms with Crippen LogP contribution in [-0.4, -0.2) is 40.3 Å². The first kappa shape index (κ1) is 17.6. The third-order valence-corrected chi connectivity index (χ3v) is 4.45. The summed E-state index contributed by atoms with van der Waals surface area (Å²) in [6.07, 6.45) is 2.35. The molecule has 1 aromatic carbocycles. The number of thioether (sulfide) groups is 1. The maximum absolute atomic E-state index is 12.2. The van der Waals surface area contributed by atoms with Crippen molar-refractivity contribution in [3.8, 4) is 5.75 Å². The predicted molar refractivity (Wildman–Crippen MR) is 90.2 cm³/mol. The van der Waals surface area contributed by atoms with Crippen LogP contribution in [0, 0.1) is 0 Å². The summed E-state index contributed by atoms with van der Waals surface area (Å²) in [7, 11) is 0. The average molecular weight is 400 g/mol. The second kappa shape index (κ2) is 7.65. The molecule has 1 aliphatic rings. The Labute approximate surface area is 145 Å². The van der Waals surface area contributed by atoms with Gasteiger partial charge >= 0.3 is 5.97 Å². The van der Waals surface area contributed by atoms with Crippen LogP contribution in [-0.2, 0) is 9.59 Å². The highest BCUT2D eigenvalue weighted by Crippen LogP contribution is 2.33. The van der Waals surface area contributed by atoms with Gasteiger partial charge in [-0.25, -0.2) is 4.79 Å². The monoisotopic (exact) mass is 399 g/mol. The molecule has 1 fully saturated rings. The van der Waals surface area contributed by atoms with Gasteiger partial charge in [-0.1, -0.05) is 13.0 Å². The van der Waals surface area contributed by atoms with E-state index < -0.39 is 12.6 Å². The normalized spacial score (nSPS) is 16.3. The molecule has 1 heterocycles. The van der Waals surface area contributed by atoms with Gasteiger partial charge in [0, 0.05) is 6.54 Å². The third kappa shape index (κ3) is 4.35. The van der Waals surface area contributed by atoms with Crippen LogP contribution in [0.2, 0.25) is 0 Å². The lowest BCUT2D eigenvalue weighted by Crippen LogP contribution is -2.28. The molecule has 1 saturated heterocycles. The molecular formula is C15H14BrNO5S. The van der Waals surface area contributed by atoms with Crippen molar-refractivity contribution in [1.29, 1.82) is 0 Å². The van der Waals surface area contributed by atoms with E-state index in [2.05, 4.69) is 15.9 Å². The number of hydrogen-bond acceptors (Lipinski definition) is 5. The Morgan fingerprint density at radius 2 is 2.17 bits per heavy atom. The van der Waals surface area contributed by atoms with Gasteiger partial charge in [0.25, 0.3) is 11.1 Å². The summed E-state index contributed by atoms with van der Waals surface area (Å²) < 4.78 is 5.68. The zero-order valence-electron chi connectivity index (χ0n) is 12.2. The number of amides is 2. The van der Waals surface area contributed by atoms with Crippen molar-refractivity contribution in [1.82, 2.24) is 4.90 Å². The number of carbonyl (C=O) groups excluding carboxylic acids is 2. The van der Waals surface area contributed by atoms with Gasteiger partial charge in [-0.2, -0.15) is 0 Å². The van der Waals surface area contributed by atoms with E-state index in [1.54, 1.807) is 24.3 Å². The summed E-state index contributed by atoms with van der Waals surface area (Å²) in [6.45, 7) is 1.88. The fourth-order valence-electron chi connectivity index (χ4n) is 1.93. The topological polar surface area (TPSA) is 83.9 Å². The molecule has 0 spiro atoms. The van der Waals surface area contributed by atoms with Gasteiger partial charge in [-0.05, 0) is 57.9 Å². The molecule has 1 N–H and O–H groups in total. The van der Waals surface area contributed by atoms with E-state index in [1.807, 2.05) is 6.92 Å². The zero-order chi connectivity index (χ0) is 17.0. The Morgan fingerprint density at radius 3 is 2.78 bits per heavy atom. The van der Waals surface area contributed by atoms with E-state index in [-0.39, 0.29) is 11.1 Å². The number of hydrogen-bond donors (Lipinski definition) is 1. The maximum Gasteiger partial charge on any atom is 0.341 e. The summed E-state index contributed by atoms with van der Waals surface area (Å²) in [4.78, 5) is 36.0. The lowest BCUT2D eigenvalue weighted by Gasteiger charge is -2.09. The molecule has 1 aromatic rings. The van der Waals surface area contributed by atoms with Crippen molar-refractivity contribution in [2.24, 2.45) is 0 Å². The SMILES string of the molecule is CCCN1C(=O)S/C(=C/c2ccc(OCC(=O)O)c(Br)c2)C1=O. The number of carboxylic acid groups (broad SMARTS) is 1. The fraction of sp³-hybridized carbons (Fsp3) is 0.267. The minimum Gasteiger partial charge on any atom is -0.481 e. The number of benzene rings is 1. The Morgan fingerprint density at radius 1 is 1.43 bits per heavy atom. The molecule has 0 saturated carbocycles. The number of ether oxygens (including phenoxy) is 1. The lowest BCUT2D eigenvalue weighted by molar-refractivity contribution is -0.139. The lowest BCUT2D eigenvalue weighted by atomic mass is 10.2. The Kier molecular flexibility index (Phi) is 5.84. The second-order valence-corrected chi connectivity index (χ2v) is 6.55. The molecule has 8 heteroatoms. The average Bonchev–Trinajstić information content (AvgIpc) is 2.74. The smallest absolute Gasteiger partial charge is 0.341 e. The molecule has 122 valence electrons. The molecule has 6 nitrogen and oxygen atoms in total. The highest BCUT2D eigenvalue weighted by molar-refractivity contribution is 9.10. The first-order valence-electron chi connectivity index (χ1n) is 6.82. The van der Waals surface area contributed by atoms with Crippen LogP contribution in [0.1, 0.15) is 18.9 Å². The van der Waals surface area contributed by atoms with Crippen LogP contribution in [0.5, 0.6) is 5.75 Å². The standard InChI is InChI=1S/C15H14BrNO5S/c1-2-5-17-14(20)12(23-15(17)21)7-9-3-4-11(10(16)6-9)22-8-13(18)19/h3-4,6-7H,2,5,8H2,1H3,(H,18,19)/b12-7+. The maximum atomic E-state index is 12.2. The molecule has 2 amide bonds. The summed E-state index contributed by atoms with van der Waals surface area (Å²) in [5.41, 5.74) is 0.710. The van der Waals surface area contributed by atoms with Crippen LogP contribution < -0.4 is 4.74 Å². The summed E-state index contributed by atoms with van der Waals surface area (Å²) in [5.74, 6) is -0.960. The van der Waals surface area contributed by atoms with Crippen molar-refractivity contribution < 1.29 is 24.2 Å². The highest BCUT2D eigenvalue weighted by Gasteiger charge is 2.34. The largest absolute Gasteiger partial charge is 0.481 e. The fourth-order valence-corrected chi connectivity index (χ4v) is 3.31. The van der Waals surface area contributed by atoms with E-state index in [9.17, 15) is 14.4 Å². The zero-order valence-corrected chi connectivity index (χ0v) is 14.6. The van der Waals surface area contributed by atoms with Crippen LogP contribution in [0.25, 0.3) is 6.08 Å². The molecule has 2 rings (SSSR count). The molecule has 0 bridgehead atoms. The van der Waals surface area contributed by atoms with E-state index in [1.165, 1.54) is 4.90 Å². The quantitative estimate of drug-likeness (QED) is 0.738. The minimum atomic E-state index is -1.06. The first-order valence-corrected chi connectivity index (χ1v) is 8.42. The van der Waals surface area contributed by atoms with Gasteiger partial charge in [-0.15, -0.1) is 0 Å². The number of carbonyl (C=O) groups is 3. The van der Waals surface area contributed by atoms with Gasteiger partial charge in [0.05, 0.1) is 9.38 Å². The van der Waals surface area contributed by atoms with Crippen LogP contribution in [0.3, 0.4) is 0 Å². The predicted octanol–water partition coefficient (Wildman–Crippen LogP) is 3.36. The molecular weight excluding hydrogens is 386 g/mol.